The van der Waals surface area contributed by atoms with Crippen LogP contribution in [0.2, 0.25) is 0 Å². The molecular weight excluding hydrogens is 384 g/mol. The summed E-state index contributed by atoms with van der Waals surface area (Å²) in [7, 11) is -4.20. The van der Waals surface area contributed by atoms with Crippen LogP contribution >= 0.6 is 11.3 Å². The highest BCUT2D eigenvalue weighted by atomic mass is 32.2. The van der Waals surface area contributed by atoms with Gasteiger partial charge in [0.25, 0.3) is 15.7 Å². The first kappa shape index (κ1) is 17.6. The maximum absolute atomic E-state index is 12.3. The number of aryl methyl sites for hydroxylation is 1. The molecule has 136 valence electrons. The lowest BCUT2D eigenvalue weighted by Crippen LogP contribution is -2.13. The normalized spacial score (nSPS) is 11.8. The van der Waals surface area contributed by atoms with E-state index in [0.29, 0.717) is 10.7 Å². The Hall–Kier alpha value is -2.81. The first-order valence-corrected chi connectivity index (χ1v) is 10.3. The molecular formula is C19H14N2O4S2. The van der Waals surface area contributed by atoms with Gasteiger partial charge in [0, 0.05) is 17.1 Å². The fourth-order valence-corrected chi connectivity index (χ4v) is 4.31. The van der Waals surface area contributed by atoms with Gasteiger partial charge in [0.1, 0.15) is 0 Å². The fourth-order valence-electron chi connectivity index (χ4n) is 2.88. The number of thiazole rings is 1. The SMILES string of the molecule is Cc1cc(=O)n2c(-c3ccc(-c4ccc(S(=O)(=O)O)cc4)cc3)csc2n1. The minimum absolute atomic E-state index is 0.112. The topological polar surface area (TPSA) is 88.7 Å². The zero-order chi connectivity index (χ0) is 19.2. The molecule has 4 rings (SSSR count). The van der Waals surface area contributed by atoms with Crippen molar-refractivity contribution in [2.75, 3.05) is 0 Å². The summed E-state index contributed by atoms with van der Waals surface area (Å²) in [5, 5.41) is 1.90. The highest BCUT2D eigenvalue weighted by Crippen LogP contribution is 2.27. The maximum Gasteiger partial charge on any atom is 0.294 e. The molecule has 8 heteroatoms. The van der Waals surface area contributed by atoms with Crippen LogP contribution in [0.4, 0.5) is 0 Å². The molecule has 0 spiro atoms. The Morgan fingerprint density at radius 2 is 1.52 bits per heavy atom. The van der Waals surface area contributed by atoms with Crippen molar-refractivity contribution in [1.29, 1.82) is 0 Å². The summed E-state index contributed by atoms with van der Waals surface area (Å²) in [6.07, 6.45) is 0. The van der Waals surface area contributed by atoms with E-state index in [0.717, 1.165) is 22.4 Å². The number of rotatable bonds is 3. The van der Waals surface area contributed by atoms with Gasteiger partial charge in [0.05, 0.1) is 10.6 Å². The molecule has 0 fully saturated rings. The van der Waals surface area contributed by atoms with Gasteiger partial charge in [-0.3, -0.25) is 13.7 Å². The minimum atomic E-state index is -4.20. The highest BCUT2D eigenvalue weighted by Gasteiger charge is 2.11. The monoisotopic (exact) mass is 398 g/mol. The van der Waals surface area contributed by atoms with Crippen molar-refractivity contribution in [2.45, 2.75) is 11.8 Å². The van der Waals surface area contributed by atoms with Gasteiger partial charge < -0.3 is 0 Å². The van der Waals surface area contributed by atoms with Crippen molar-refractivity contribution in [3.05, 3.63) is 76.0 Å². The van der Waals surface area contributed by atoms with E-state index in [1.807, 2.05) is 29.6 Å². The second-order valence-corrected chi connectivity index (χ2v) is 8.31. The minimum Gasteiger partial charge on any atom is -0.282 e. The van der Waals surface area contributed by atoms with E-state index in [-0.39, 0.29) is 10.5 Å². The number of benzene rings is 2. The van der Waals surface area contributed by atoms with Gasteiger partial charge in [-0.2, -0.15) is 8.42 Å². The van der Waals surface area contributed by atoms with Gasteiger partial charge in [0.2, 0.25) is 0 Å². The van der Waals surface area contributed by atoms with Gasteiger partial charge in [0.15, 0.2) is 4.96 Å². The summed E-state index contributed by atoms with van der Waals surface area (Å²) in [4.78, 5) is 17.2. The van der Waals surface area contributed by atoms with Crippen molar-refractivity contribution >= 4 is 26.4 Å². The van der Waals surface area contributed by atoms with E-state index in [1.54, 1.807) is 23.5 Å². The number of fused-ring (bicyclic) bond motifs is 1. The predicted octanol–water partition coefficient (Wildman–Crippen LogP) is 3.65. The lowest BCUT2D eigenvalue weighted by Gasteiger charge is -2.06. The molecule has 0 saturated heterocycles. The van der Waals surface area contributed by atoms with E-state index in [2.05, 4.69) is 4.98 Å². The Morgan fingerprint density at radius 3 is 2.11 bits per heavy atom. The molecule has 0 amide bonds. The van der Waals surface area contributed by atoms with Crippen LogP contribution in [-0.4, -0.2) is 22.4 Å². The van der Waals surface area contributed by atoms with Gasteiger partial charge in [-0.15, -0.1) is 11.3 Å². The third-order valence-corrected chi connectivity index (χ3v) is 5.89. The maximum atomic E-state index is 12.3. The highest BCUT2D eigenvalue weighted by molar-refractivity contribution is 7.85. The molecule has 0 saturated carbocycles. The summed E-state index contributed by atoms with van der Waals surface area (Å²) < 4.78 is 32.9. The van der Waals surface area contributed by atoms with Crippen molar-refractivity contribution in [2.24, 2.45) is 0 Å². The van der Waals surface area contributed by atoms with Crippen molar-refractivity contribution in [3.8, 4) is 22.4 Å². The molecule has 0 aliphatic rings. The number of hydrogen-bond acceptors (Lipinski definition) is 5. The Kier molecular flexibility index (Phi) is 4.18. The van der Waals surface area contributed by atoms with Crippen LogP contribution in [0.15, 0.2) is 69.7 Å². The van der Waals surface area contributed by atoms with Crippen molar-refractivity contribution < 1.29 is 13.0 Å². The molecule has 0 bridgehead atoms. The molecule has 1 N–H and O–H groups in total. The van der Waals surface area contributed by atoms with Crippen LogP contribution < -0.4 is 5.56 Å². The van der Waals surface area contributed by atoms with Crippen LogP contribution in [0.25, 0.3) is 27.3 Å². The second-order valence-electron chi connectivity index (χ2n) is 6.05. The third kappa shape index (κ3) is 3.30. The Labute approximate surface area is 159 Å². The van der Waals surface area contributed by atoms with Gasteiger partial charge >= 0.3 is 0 Å². The van der Waals surface area contributed by atoms with Crippen LogP contribution in [-0.2, 0) is 10.1 Å². The molecule has 0 aliphatic carbocycles. The number of hydrogen-bond donors (Lipinski definition) is 1. The standard InChI is InChI=1S/C19H14N2O4S2/c1-12-10-18(22)21-17(11-26-19(21)20-12)15-4-2-13(3-5-15)14-6-8-16(9-7-14)27(23,24)25/h2-11H,1H3,(H,23,24,25). The van der Waals surface area contributed by atoms with E-state index < -0.39 is 10.1 Å². The van der Waals surface area contributed by atoms with Crippen LogP contribution in [0, 0.1) is 6.92 Å². The van der Waals surface area contributed by atoms with E-state index >= 15 is 0 Å². The zero-order valence-corrected chi connectivity index (χ0v) is 15.8. The van der Waals surface area contributed by atoms with E-state index in [1.165, 1.54) is 29.5 Å². The molecule has 0 unspecified atom stereocenters. The van der Waals surface area contributed by atoms with Crippen molar-refractivity contribution in [3.63, 3.8) is 0 Å². The second kappa shape index (κ2) is 6.41. The molecule has 2 aromatic heterocycles. The van der Waals surface area contributed by atoms with Gasteiger partial charge in [-0.1, -0.05) is 36.4 Å². The summed E-state index contributed by atoms with van der Waals surface area (Å²) in [5.74, 6) is 0. The summed E-state index contributed by atoms with van der Waals surface area (Å²) in [6.45, 7) is 1.79. The first-order chi connectivity index (χ1) is 12.8. The summed E-state index contributed by atoms with van der Waals surface area (Å²) in [5.41, 5.74) is 3.95. The Balaban J connectivity index is 1.72. The van der Waals surface area contributed by atoms with Crippen LogP contribution in [0.3, 0.4) is 0 Å². The molecule has 0 radical (unpaired) electrons. The molecule has 6 nitrogen and oxygen atoms in total. The van der Waals surface area contributed by atoms with Gasteiger partial charge in [-0.25, -0.2) is 4.98 Å². The smallest absolute Gasteiger partial charge is 0.282 e. The van der Waals surface area contributed by atoms with Crippen LogP contribution in [0.1, 0.15) is 5.69 Å². The first-order valence-electron chi connectivity index (χ1n) is 7.99. The van der Waals surface area contributed by atoms with E-state index in [4.69, 9.17) is 4.55 Å². The Morgan fingerprint density at radius 1 is 0.963 bits per heavy atom. The van der Waals surface area contributed by atoms with Gasteiger partial charge in [-0.05, 0) is 35.7 Å². The molecule has 0 aliphatic heterocycles. The fraction of sp³-hybridized carbons (Fsp3) is 0.0526. The third-order valence-electron chi connectivity index (χ3n) is 4.20. The average Bonchev–Trinajstić information content (AvgIpc) is 3.05. The molecule has 2 aromatic carbocycles. The lowest BCUT2D eigenvalue weighted by molar-refractivity contribution is 0.483. The molecule has 0 atom stereocenters. The number of aromatic nitrogens is 2. The average molecular weight is 398 g/mol. The zero-order valence-electron chi connectivity index (χ0n) is 14.2. The lowest BCUT2D eigenvalue weighted by atomic mass is 10.0. The largest absolute Gasteiger partial charge is 0.294 e. The van der Waals surface area contributed by atoms with Crippen LogP contribution in [0.5, 0.6) is 0 Å². The summed E-state index contributed by atoms with van der Waals surface area (Å²) >= 11 is 1.41. The van der Waals surface area contributed by atoms with E-state index in [9.17, 15) is 13.2 Å². The van der Waals surface area contributed by atoms with Crippen molar-refractivity contribution in [1.82, 2.24) is 9.38 Å². The summed E-state index contributed by atoms with van der Waals surface area (Å²) in [6, 6.07) is 15.1. The molecule has 2 heterocycles. The predicted molar refractivity (Wildman–Crippen MR) is 105 cm³/mol. The molecule has 4 aromatic rings. The quantitative estimate of drug-likeness (QED) is 0.532. The Bertz CT molecular complexity index is 1300. The number of nitrogens with zero attached hydrogens (tertiary/aromatic N) is 2. The molecule has 27 heavy (non-hydrogen) atoms.